The molecule has 0 radical (unpaired) electrons. The van der Waals surface area contributed by atoms with Gasteiger partial charge in [-0.15, -0.1) is 15.3 Å². The van der Waals surface area contributed by atoms with Gasteiger partial charge in [0, 0.05) is 12.4 Å². The summed E-state index contributed by atoms with van der Waals surface area (Å²) in [6.45, 7) is 1.99. The van der Waals surface area contributed by atoms with Crippen LogP contribution < -0.4 is 5.32 Å². The van der Waals surface area contributed by atoms with Gasteiger partial charge in [0.15, 0.2) is 5.82 Å². The lowest BCUT2D eigenvalue weighted by Crippen LogP contribution is -2.09. The molecule has 3 aromatic heterocycles. The molecule has 0 saturated heterocycles. The monoisotopic (exact) mass is 288 g/mol. The van der Waals surface area contributed by atoms with E-state index in [0.29, 0.717) is 23.7 Å². The van der Waals surface area contributed by atoms with Gasteiger partial charge < -0.3 is 10.4 Å². The minimum Gasteiger partial charge on any atom is -0.480 e. The smallest absolute Gasteiger partial charge is 0.325 e. The van der Waals surface area contributed by atoms with E-state index in [-0.39, 0.29) is 6.54 Å². The number of aliphatic carboxylic acids is 1. The van der Waals surface area contributed by atoms with Crippen molar-refractivity contribution in [1.82, 2.24) is 34.6 Å². The van der Waals surface area contributed by atoms with E-state index in [9.17, 15) is 4.79 Å². The van der Waals surface area contributed by atoms with Crippen molar-refractivity contribution in [2.24, 2.45) is 0 Å². The molecule has 10 nitrogen and oxygen atoms in total. The molecular formula is C11H12N8O2. The maximum absolute atomic E-state index is 10.6. The van der Waals surface area contributed by atoms with Gasteiger partial charge in [0.05, 0.1) is 12.7 Å². The lowest BCUT2D eigenvalue weighted by molar-refractivity contribution is -0.137. The number of aryl methyl sites for hydroxylation is 1. The fourth-order valence-corrected chi connectivity index (χ4v) is 1.88. The molecule has 0 amide bonds. The fourth-order valence-electron chi connectivity index (χ4n) is 1.88. The van der Waals surface area contributed by atoms with Crippen LogP contribution in [0.1, 0.15) is 11.5 Å². The number of rotatable bonds is 5. The molecular weight excluding hydrogens is 276 g/mol. The van der Waals surface area contributed by atoms with Gasteiger partial charge in [0.1, 0.15) is 18.1 Å². The van der Waals surface area contributed by atoms with Crippen molar-refractivity contribution < 1.29 is 9.90 Å². The van der Waals surface area contributed by atoms with Crippen LogP contribution >= 0.6 is 0 Å². The second-order valence-electron chi connectivity index (χ2n) is 4.37. The molecule has 3 rings (SSSR count). The summed E-state index contributed by atoms with van der Waals surface area (Å²) < 4.78 is 3.07. The van der Waals surface area contributed by atoms with Crippen molar-refractivity contribution in [3.05, 3.63) is 30.1 Å². The SMILES string of the molecule is Cc1nnc2c(NCc3cn(CC(=O)O)nn3)nccn12. The van der Waals surface area contributed by atoms with Crippen LogP contribution in [0, 0.1) is 6.92 Å². The first-order valence-corrected chi connectivity index (χ1v) is 6.14. The molecule has 10 heteroatoms. The number of carboxylic acids is 1. The molecule has 0 saturated carbocycles. The van der Waals surface area contributed by atoms with Gasteiger partial charge in [-0.2, -0.15) is 0 Å². The standard InChI is InChI=1S/C11H12N8O2/c1-7-14-16-11-10(12-2-3-19(7)11)13-4-8-5-18(17-15-8)6-9(20)21/h2-3,5H,4,6H2,1H3,(H,12,13)(H,20,21). The number of aromatic nitrogens is 7. The summed E-state index contributed by atoms with van der Waals surface area (Å²) in [5.41, 5.74) is 1.23. The summed E-state index contributed by atoms with van der Waals surface area (Å²) in [6, 6.07) is 0. The number of carbonyl (C=O) groups is 1. The molecule has 0 unspecified atom stereocenters. The van der Waals surface area contributed by atoms with E-state index < -0.39 is 5.97 Å². The average molecular weight is 288 g/mol. The quantitative estimate of drug-likeness (QED) is 0.657. The Morgan fingerprint density at radius 1 is 1.38 bits per heavy atom. The maximum atomic E-state index is 10.6. The van der Waals surface area contributed by atoms with Crippen molar-refractivity contribution in [2.75, 3.05) is 5.32 Å². The molecule has 0 aliphatic heterocycles. The van der Waals surface area contributed by atoms with Crippen molar-refractivity contribution in [1.29, 1.82) is 0 Å². The normalized spacial score (nSPS) is 10.9. The topological polar surface area (TPSA) is 123 Å². The Morgan fingerprint density at radius 2 is 2.24 bits per heavy atom. The van der Waals surface area contributed by atoms with Crippen molar-refractivity contribution in [2.45, 2.75) is 20.0 Å². The second-order valence-corrected chi connectivity index (χ2v) is 4.37. The fraction of sp³-hybridized carbons (Fsp3) is 0.273. The Bertz CT molecular complexity index is 792. The zero-order chi connectivity index (χ0) is 14.8. The van der Waals surface area contributed by atoms with Crippen LogP contribution in [0.15, 0.2) is 18.6 Å². The van der Waals surface area contributed by atoms with E-state index in [0.717, 1.165) is 5.82 Å². The summed E-state index contributed by atoms with van der Waals surface area (Å²) in [4.78, 5) is 14.8. The Labute approximate surface area is 118 Å². The third-order valence-electron chi connectivity index (χ3n) is 2.82. The third-order valence-corrected chi connectivity index (χ3v) is 2.82. The van der Waals surface area contributed by atoms with Gasteiger partial charge in [-0.3, -0.25) is 9.20 Å². The lowest BCUT2D eigenvalue weighted by Gasteiger charge is -2.03. The van der Waals surface area contributed by atoms with Crippen LogP contribution in [0.5, 0.6) is 0 Å². The van der Waals surface area contributed by atoms with Crippen molar-refractivity contribution >= 4 is 17.4 Å². The van der Waals surface area contributed by atoms with Crippen LogP contribution in [0.2, 0.25) is 0 Å². The molecule has 21 heavy (non-hydrogen) atoms. The minimum atomic E-state index is -0.968. The zero-order valence-electron chi connectivity index (χ0n) is 11.1. The van der Waals surface area contributed by atoms with Gasteiger partial charge in [-0.05, 0) is 6.92 Å². The first-order chi connectivity index (χ1) is 10.1. The summed E-state index contributed by atoms with van der Waals surface area (Å²) in [7, 11) is 0. The number of carboxylic acid groups (broad SMARTS) is 1. The summed E-state index contributed by atoms with van der Waals surface area (Å²) in [5, 5.41) is 27.4. The van der Waals surface area contributed by atoms with Crippen molar-refractivity contribution in [3.8, 4) is 0 Å². The van der Waals surface area contributed by atoms with Gasteiger partial charge in [-0.25, -0.2) is 9.67 Å². The average Bonchev–Trinajstić information content (AvgIpc) is 3.04. The number of nitrogens with zero attached hydrogens (tertiary/aromatic N) is 7. The van der Waals surface area contributed by atoms with Gasteiger partial charge in [0.25, 0.3) is 0 Å². The number of hydrogen-bond acceptors (Lipinski definition) is 7. The summed E-state index contributed by atoms with van der Waals surface area (Å²) in [5.74, 6) is 0.374. The first kappa shape index (κ1) is 13.0. The molecule has 0 fully saturated rings. The van der Waals surface area contributed by atoms with E-state index in [4.69, 9.17) is 5.11 Å². The maximum Gasteiger partial charge on any atom is 0.325 e. The largest absolute Gasteiger partial charge is 0.480 e. The van der Waals surface area contributed by atoms with Crippen molar-refractivity contribution in [3.63, 3.8) is 0 Å². The molecule has 0 atom stereocenters. The van der Waals surface area contributed by atoms with Crippen LogP contribution in [-0.2, 0) is 17.9 Å². The van der Waals surface area contributed by atoms with Crippen LogP contribution in [0.4, 0.5) is 5.82 Å². The predicted octanol–water partition coefficient (Wildman–Crippen LogP) is -0.279. The van der Waals surface area contributed by atoms with Gasteiger partial charge in [-0.1, -0.05) is 5.21 Å². The Balaban J connectivity index is 1.74. The molecule has 2 N–H and O–H groups in total. The number of fused-ring (bicyclic) bond motifs is 1. The molecule has 108 valence electrons. The number of anilines is 1. The van der Waals surface area contributed by atoms with Crippen LogP contribution in [0.25, 0.3) is 5.65 Å². The Hall–Kier alpha value is -3.04. The summed E-state index contributed by atoms with van der Waals surface area (Å²) >= 11 is 0. The lowest BCUT2D eigenvalue weighted by atomic mass is 10.4. The van der Waals surface area contributed by atoms with E-state index in [1.165, 1.54) is 4.68 Å². The number of hydrogen-bond donors (Lipinski definition) is 2. The van der Waals surface area contributed by atoms with E-state index in [2.05, 4.69) is 30.8 Å². The van der Waals surface area contributed by atoms with Gasteiger partial charge >= 0.3 is 5.97 Å². The first-order valence-electron chi connectivity index (χ1n) is 6.14. The van der Waals surface area contributed by atoms with Crippen LogP contribution in [-0.4, -0.2) is 45.7 Å². The van der Waals surface area contributed by atoms with Gasteiger partial charge in [0.2, 0.25) is 5.65 Å². The predicted molar refractivity (Wildman–Crippen MR) is 70.5 cm³/mol. The molecule has 0 aromatic carbocycles. The third kappa shape index (κ3) is 2.63. The molecule has 0 aliphatic rings. The minimum absolute atomic E-state index is 0.218. The van der Waals surface area contributed by atoms with Crippen LogP contribution in [0.3, 0.4) is 0 Å². The summed E-state index contributed by atoms with van der Waals surface area (Å²) in [6.07, 6.45) is 4.99. The van der Waals surface area contributed by atoms with E-state index in [1.54, 1.807) is 18.6 Å². The Kier molecular flexibility index (Phi) is 3.18. The zero-order valence-corrected chi connectivity index (χ0v) is 11.1. The highest BCUT2D eigenvalue weighted by Gasteiger charge is 2.09. The van der Waals surface area contributed by atoms with E-state index in [1.807, 2.05) is 11.3 Å². The molecule has 3 heterocycles. The molecule has 0 bridgehead atoms. The highest BCUT2D eigenvalue weighted by Crippen LogP contribution is 2.12. The number of nitrogens with one attached hydrogen (secondary N) is 1. The Morgan fingerprint density at radius 3 is 3.05 bits per heavy atom. The molecule has 0 spiro atoms. The highest BCUT2D eigenvalue weighted by molar-refractivity contribution is 5.66. The second kappa shape index (κ2) is 5.15. The molecule has 0 aliphatic carbocycles. The van der Waals surface area contributed by atoms with E-state index >= 15 is 0 Å². The molecule has 3 aromatic rings. The highest BCUT2D eigenvalue weighted by atomic mass is 16.4.